The second-order valence-corrected chi connectivity index (χ2v) is 9.23. The van der Waals surface area contributed by atoms with Crippen molar-refractivity contribution in [2.45, 2.75) is 17.2 Å². The number of methoxy groups -OCH3 is 2. The van der Waals surface area contributed by atoms with Crippen LogP contribution in [0.25, 0.3) is 0 Å². The molecule has 7 nitrogen and oxygen atoms in total. The van der Waals surface area contributed by atoms with E-state index in [0.29, 0.717) is 29.5 Å². The molecule has 9 heteroatoms. The van der Waals surface area contributed by atoms with Gasteiger partial charge in [-0.1, -0.05) is 0 Å². The van der Waals surface area contributed by atoms with Crippen LogP contribution in [-0.2, 0) is 14.8 Å². The molecule has 1 saturated heterocycles. The van der Waals surface area contributed by atoms with Crippen molar-refractivity contribution in [3.63, 3.8) is 0 Å². The Morgan fingerprint density at radius 3 is 2.46 bits per heavy atom. The summed E-state index contributed by atoms with van der Waals surface area (Å²) in [6.07, 6.45) is 0. The number of rotatable bonds is 6. The summed E-state index contributed by atoms with van der Waals surface area (Å²) in [7, 11) is -0.594. The van der Waals surface area contributed by atoms with Crippen molar-refractivity contribution in [1.82, 2.24) is 4.31 Å². The van der Waals surface area contributed by atoms with Crippen molar-refractivity contribution in [3.8, 4) is 11.5 Å². The van der Waals surface area contributed by atoms with Gasteiger partial charge in [-0.05, 0) is 42.5 Å². The molecule has 1 atom stereocenters. The lowest BCUT2D eigenvalue weighted by molar-refractivity contribution is -0.114. The Morgan fingerprint density at radius 1 is 1.14 bits per heavy atom. The van der Waals surface area contributed by atoms with Crippen LogP contribution in [0.2, 0.25) is 0 Å². The molecule has 2 aromatic carbocycles. The summed E-state index contributed by atoms with van der Waals surface area (Å²) in [5, 5.41) is 2.22. The van der Waals surface area contributed by atoms with E-state index in [2.05, 4.69) is 5.32 Å². The van der Waals surface area contributed by atoms with Gasteiger partial charge < -0.3 is 14.8 Å². The van der Waals surface area contributed by atoms with E-state index >= 15 is 0 Å². The standard InChI is InChI=1S/C19H22N2O5S2/c1-13(22)20-14-4-7-16(8-5-14)28(23,24)21-10-11-27-19(21)17-12-15(25-2)6-9-18(17)26-3/h4-9,12,19H,10-11H2,1-3H3,(H,20,22)/t19-/m1/s1. The van der Waals surface area contributed by atoms with Crippen molar-refractivity contribution in [3.05, 3.63) is 48.0 Å². The van der Waals surface area contributed by atoms with E-state index in [1.54, 1.807) is 38.5 Å². The van der Waals surface area contributed by atoms with Gasteiger partial charge in [0.05, 0.1) is 24.5 Å². The number of hydrogen-bond acceptors (Lipinski definition) is 6. The van der Waals surface area contributed by atoms with Crippen molar-refractivity contribution < 1.29 is 22.7 Å². The third-order valence-electron chi connectivity index (χ3n) is 4.33. The maximum Gasteiger partial charge on any atom is 0.244 e. The van der Waals surface area contributed by atoms with Crippen LogP contribution in [0.3, 0.4) is 0 Å². The molecule has 0 aromatic heterocycles. The molecular formula is C19H22N2O5S2. The van der Waals surface area contributed by atoms with Crippen molar-refractivity contribution in [1.29, 1.82) is 0 Å². The average molecular weight is 423 g/mol. The normalized spacial score (nSPS) is 17.3. The molecule has 3 rings (SSSR count). The zero-order valence-electron chi connectivity index (χ0n) is 15.8. The zero-order chi connectivity index (χ0) is 20.3. The Labute approximate surface area is 169 Å². The first-order chi connectivity index (χ1) is 13.4. The third kappa shape index (κ3) is 4.11. The molecule has 0 saturated carbocycles. The molecule has 1 fully saturated rings. The summed E-state index contributed by atoms with van der Waals surface area (Å²) >= 11 is 1.54. The second-order valence-electron chi connectivity index (χ2n) is 6.15. The molecule has 0 unspecified atom stereocenters. The minimum Gasteiger partial charge on any atom is -0.497 e. The molecule has 1 aliphatic heterocycles. The maximum atomic E-state index is 13.3. The number of benzene rings is 2. The fraction of sp³-hybridized carbons (Fsp3) is 0.316. The Bertz CT molecular complexity index is 961. The van der Waals surface area contributed by atoms with E-state index in [0.717, 1.165) is 5.56 Å². The predicted octanol–water partition coefficient (Wildman–Crippen LogP) is 3.10. The lowest BCUT2D eigenvalue weighted by Crippen LogP contribution is -2.30. The Hall–Kier alpha value is -2.23. The first kappa shape index (κ1) is 20.5. The summed E-state index contributed by atoms with van der Waals surface area (Å²) in [6, 6.07) is 11.5. The van der Waals surface area contributed by atoms with Gasteiger partial charge in [0.1, 0.15) is 11.5 Å². The summed E-state index contributed by atoms with van der Waals surface area (Å²) in [4.78, 5) is 11.3. The number of ether oxygens (including phenoxy) is 2. The maximum absolute atomic E-state index is 13.3. The van der Waals surface area contributed by atoms with E-state index in [1.807, 2.05) is 6.07 Å². The van der Waals surface area contributed by atoms with Gasteiger partial charge in [0.2, 0.25) is 15.9 Å². The SMILES string of the molecule is COc1ccc(OC)c([C@H]2SCCN2S(=O)(=O)c2ccc(NC(C)=O)cc2)c1. The molecule has 0 bridgehead atoms. The van der Waals surface area contributed by atoms with E-state index in [4.69, 9.17) is 9.47 Å². The number of carbonyl (C=O) groups is 1. The van der Waals surface area contributed by atoms with Crippen LogP contribution in [0.1, 0.15) is 17.9 Å². The first-order valence-corrected chi connectivity index (χ1v) is 11.1. The van der Waals surface area contributed by atoms with Gasteiger partial charge >= 0.3 is 0 Å². The van der Waals surface area contributed by atoms with Crippen LogP contribution >= 0.6 is 11.8 Å². The van der Waals surface area contributed by atoms with Crippen molar-refractivity contribution in [2.75, 3.05) is 31.8 Å². The molecule has 150 valence electrons. The van der Waals surface area contributed by atoms with Gasteiger partial charge in [-0.15, -0.1) is 11.8 Å². The lowest BCUT2D eigenvalue weighted by atomic mass is 10.2. The minimum absolute atomic E-state index is 0.177. The quantitative estimate of drug-likeness (QED) is 0.770. The molecule has 0 aliphatic carbocycles. The molecule has 1 N–H and O–H groups in total. The number of nitrogens with zero attached hydrogens (tertiary/aromatic N) is 1. The highest BCUT2D eigenvalue weighted by Crippen LogP contribution is 2.45. The number of anilines is 1. The number of sulfonamides is 1. The van der Waals surface area contributed by atoms with Crippen LogP contribution in [0.5, 0.6) is 11.5 Å². The molecular weight excluding hydrogens is 400 g/mol. The predicted molar refractivity (Wildman–Crippen MR) is 109 cm³/mol. The number of nitrogens with one attached hydrogen (secondary N) is 1. The zero-order valence-corrected chi connectivity index (χ0v) is 17.5. The van der Waals surface area contributed by atoms with Crippen LogP contribution < -0.4 is 14.8 Å². The van der Waals surface area contributed by atoms with Crippen LogP contribution in [-0.4, -0.2) is 45.1 Å². The Balaban J connectivity index is 1.95. The van der Waals surface area contributed by atoms with Gasteiger partial charge in [-0.2, -0.15) is 4.31 Å². The number of thioether (sulfide) groups is 1. The van der Waals surface area contributed by atoms with Gasteiger partial charge in [-0.3, -0.25) is 4.79 Å². The third-order valence-corrected chi connectivity index (χ3v) is 7.59. The summed E-state index contributed by atoms with van der Waals surface area (Å²) in [6.45, 7) is 1.80. The largest absolute Gasteiger partial charge is 0.497 e. The highest BCUT2D eigenvalue weighted by Gasteiger charge is 2.38. The van der Waals surface area contributed by atoms with E-state index in [-0.39, 0.29) is 10.8 Å². The lowest BCUT2D eigenvalue weighted by Gasteiger charge is -2.25. The topological polar surface area (TPSA) is 84.9 Å². The molecule has 2 aromatic rings. The highest BCUT2D eigenvalue weighted by atomic mass is 32.2. The van der Waals surface area contributed by atoms with E-state index in [9.17, 15) is 13.2 Å². The highest BCUT2D eigenvalue weighted by molar-refractivity contribution is 8.01. The number of carbonyl (C=O) groups excluding carboxylic acids is 1. The van der Waals surface area contributed by atoms with Crippen molar-refractivity contribution in [2.24, 2.45) is 0 Å². The van der Waals surface area contributed by atoms with Gasteiger partial charge in [0.15, 0.2) is 0 Å². The van der Waals surface area contributed by atoms with Gasteiger partial charge in [0.25, 0.3) is 0 Å². The molecule has 28 heavy (non-hydrogen) atoms. The number of hydrogen-bond donors (Lipinski definition) is 1. The summed E-state index contributed by atoms with van der Waals surface area (Å²) in [5.41, 5.74) is 1.30. The Kier molecular flexibility index (Phi) is 6.17. The van der Waals surface area contributed by atoms with Crippen LogP contribution in [0.15, 0.2) is 47.4 Å². The fourth-order valence-electron chi connectivity index (χ4n) is 3.03. The fourth-order valence-corrected chi connectivity index (χ4v) is 6.27. The summed E-state index contributed by atoms with van der Waals surface area (Å²) in [5.74, 6) is 1.72. The van der Waals surface area contributed by atoms with E-state index in [1.165, 1.54) is 35.1 Å². The molecule has 0 radical (unpaired) electrons. The smallest absolute Gasteiger partial charge is 0.244 e. The number of amides is 1. The Morgan fingerprint density at radius 2 is 1.86 bits per heavy atom. The van der Waals surface area contributed by atoms with Crippen molar-refractivity contribution >= 4 is 33.4 Å². The summed E-state index contributed by atoms with van der Waals surface area (Å²) < 4.78 is 38.7. The first-order valence-electron chi connectivity index (χ1n) is 8.60. The minimum atomic E-state index is -3.72. The van der Waals surface area contributed by atoms with Gasteiger partial charge in [-0.25, -0.2) is 8.42 Å². The average Bonchev–Trinajstić information content (AvgIpc) is 3.18. The molecule has 1 amide bonds. The van der Waals surface area contributed by atoms with Crippen LogP contribution in [0, 0.1) is 0 Å². The molecule has 0 spiro atoms. The van der Waals surface area contributed by atoms with Crippen LogP contribution in [0.4, 0.5) is 5.69 Å². The molecule has 1 heterocycles. The monoisotopic (exact) mass is 422 g/mol. The second kappa shape index (κ2) is 8.42. The van der Waals surface area contributed by atoms with E-state index < -0.39 is 15.4 Å². The molecule has 1 aliphatic rings. The van der Waals surface area contributed by atoms with Gasteiger partial charge in [0, 0.05) is 30.5 Å².